The van der Waals surface area contributed by atoms with Crippen LogP contribution >= 0.6 is 0 Å². The predicted octanol–water partition coefficient (Wildman–Crippen LogP) is 4.55. The van der Waals surface area contributed by atoms with Crippen LogP contribution in [0.2, 0.25) is 0 Å². The average Bonchev–Trinajstić information content (AvgIpc) is 3.35. The number of anilines is 2. The van der Waals surface area contributed by atoms with Crippen LogP contribution < -0.4 is 14.5 Å². The van der Waals surface area contributed by atoms with Gasteiger partial charge in [0, 0.05) is 35.8 Å². The van der Waals surface area contributed by atoms with E-state index in [0.717, 1.165) is 63.3 Å². The Labute approximate surface area is 213 Å². The van der Waals surface area contributed by atoms with Crippen LogP contribution in [-0.2, 0) is 13.0 Å². The number of rotatable bonds is 5. The summed E-state index contributed by atoms with van der Waals surface area (Å²) < 4.78 is 6.25. The van der Waals surface area contributed by atoms with Gasteiger partial charge in [-0.05, 0) is 63.6 Å². The predicted molar refractivity (Wildman–Crippen MR) is 142 cm³/mol. The summed E-state index contributed by atoms with van der Waals surface area (Å²) in [6, 6.07) is 18.3. The van der Waals surface area contributed by atoms with E-state index in [2.05, 4.69) is 70.3 Å². The fourth-order valence-corrected chi connectivity index (χ4v) is 6.06. The van der Waals surface area contributed by atoms with Crippen LogP contribution in [0, 0.1) is 11.3 Å². The van der Waals surface area contributed by atoms with Gasteiger partial charge < -0.3 is 19.4 Å². The van der Waals surface area contributed by atoms with Gasteiger partial charge in [0.25, 0.3) is 0 Å². The van der Waals surface area contributed by atoms with Crippen molar-refractivity contribution in [2.45, 2.75) is 57.2 Å². The summed E-state index contributed by atoms with van der Waals surface area (Å²) in [7, 11) is 2.16. The molecule has 7 nitrogen and oxygen atoms in total. The maximum Gasteiger partial charge on any atom is 0.318 e. The zero-order valence-corrected chi connectivity index (χ0v) is 21.1. The van der Waals surface area contributed by atoms with E-state index >= 15 is 0 Å². The number of piperidine rings is 1. The highest BCUT2D eigenvalue weighted by molar-refractivity contribution is 5.94. The van der Waals surface area contributed by atoms with Crippen molar-refractivity contribution in [3.05, 3.63) is 53.7 Å². The highest BCUT2D eigenvalue weighted by Gasteiger charge is 2.31. The molecule has 3 aliphatic heterocycles. The van der Waals surface area contributed by atoms with Crippen LogP contribution in [0.25, 0.3) is 10.8 Å². The minimum absolute atomic E-state index is 0.136. The van der Waals surface area contributed by atoms with Gasteiger partial charge in [-0.25, -0.2) is 0 Å². The molecule has 4 heterocycles. The molecule has 0 radical (unpaired) electrons. The van der Waals surface area contributed by atoms with Crippen LogP contribution in [0.1, 0.15) is 43.4 Å². The second-order valence-electron chi connectivity index (χ2n) is 10.3. The Hall–Kier alpha value is -3.37. The fraction of sp³-hybridized carbons (Fsp3) is 0.483. The van der Waals surface area contributed by atoms with Gasteiger partial charge in [-0.1, -0.05) is 36.4 Å². The Kier molecular flexibility index (Phi) is 6.37. The Morgan fingerprint density at radius 3 is 2.75 bits per heavy atom. The lowest BCUT2D eigenvalue weighted by atomic mass is 9.99. The first-order valence-corrected chi connectivity index (χ1v) is 13.3. The number of aromatic nitrogens is 2. The van der Waals surface area contributed by atoms with E-state index in [1.807, 2.05) is 0 Å². The van der Waals surface area contributed by atoms with Crippen LogP contribution in [0.15, 0.2) is 42.5 Å². The van der Waals surface area contributed by atoms with Crippen molar-refractivity contribution in [3.63, 3.8) is 0 Å². The quantitative estimate of drug-likeness (QED) is 0.529. The molecule has 0 amide bonds. The minimum Gasteiger partial charge on any atom is -0.462 e. The molecule has 7 heteroatoms. The van der Waals surface area contributed by atoms with Crippen molar-refractivity contribution in [3.8, 4) is 12.1 Å². The molecule has 0 N–H and O–H groups in total. The first-order valence-electron chi connectivity index (χ1n) is 13.3. The zero-order valence-electron chi connectivity index (χ0n) is 21.1. The smallest absolute Gasteiger partial charge is 0.318 e. The monoisotopic (exact) mass is 482 g/mol. The standard InChI is InChI=1S/C29H34N6O/c1-33-15-7-11-23(33)20-36-29-31-26-19-34(27-13-6-9-21-8-2-3-12-24(21)27)17-14-25(26)28(32-29)35-16-5-4-10-22(35)18-30/h2-3,6,8-9,12-13,22-23H,4-5,7,10-11,14-17,19-20H2,1H3/t22-,23+/m1/s1. The van der Waals surface area contributed by atoms with Crippen molar-refractivity contribution >= 4 is 22.3 Å². The average molecular weight is 483 g/mol. The van der Waals surface area contributed by atoms with E-state index < -0.39 is 0 Å². The van der Waals surface area contributed by atoms with Gasteiger partial charge in [0.1, 0.15) is 18.5 Å². The van der Waals surface area contributed by atoms with Gasteiger partial charge >= 0.3 is 6.01 Å². The molecule has 6 rings (SSSR count). The van der Waals surface area contributed by atoms with E-state index in [-0.39, 0.29) is 6.04 Å². The largest absolute Gasteiger partial charge is 0.462 e. The topological polar surface area (TPSA) is 68.5 Å². The number of benzene rings is 2. The third-order valence-electron chi connectivity index (χ3n) is 8.13. The Morgan fingerprint density at radius 1 is 1.00 bits per heavy atom. The molecule has 2 saturated heterocycles. The molecular weight excluding hydrogens is 448 g/mol. The van der Waals surface area contributed by atoms with E-state index in [4.69, 9.17) is 14.7 Å². The Bertz CT molecular complexity index is 1280. The summed E-state index contributed by atoms with van der Waals surface area (Å²) in [5.41, 5.74) is 3.44. The molecule has 1 aromatic heterocycles. The Balaban J connectivity index is 1.35. The summed E-state index contributed by atoms with van der Waals surface area (Å²) in [6.07, 6.45) is 6.27. The normalized spacial score (nSPS) is 22.4. The van der Waals surface area contributed by atoms with Crippen molar-refractivity contribution in [2.24, 2.45) is 0 Å². The number of nitrogens with zero attached hydrogens (tertiary/aromatic N) is 6. The molecule has 36 heavy (non-hydrogen) atoms. The molecule has 2 fully saturated rings. The summed E-state index contributed by atoms with van der Waals surface area (Å²) in [4.78, 5) is 16.9. The van der Waals surface area contributed by atoms with E-state index in [9.17, 15) is 5.26 Å². The van der Waals surface area contributed by atoms with Crippen molar-refractivity contribution < 1.29 is 4.74 Å². The highest BCUT2D eigenvalue weighted by Crippen LogP contribution is 2.35. The van der Waals surface area contributed by atoms with Gasteiger partial charge in [-0.3, -0.25) is 0 Å². The molecule has 186 valence electrons. The molecule has 0 aliphatic carbocycles. The number of likely N-dealkylation sites (tertiary alicyclic amines) is 1. The molecule has 0 spiro atoms. The molecule has 2 atom stereocenters. The van der Waals surface area contributed by atoms with Crippen LogP contribution in [0.3, 0.4) is 0 Å². The third-order valence-corrected chi connectivity index (χ3v) is 8.13. The second kappa shape index (κ2) is 9.94. The van der Waals surface area contributed by atoms with Crippen molar-refractivity contribution in [2.75, 3.05) is 43.1 Å². The van der Waals surface area contributed by atoms with Gasteiger partial charge in [0.2, 0.25) is 0 Å². The lowest BCUT2D eigenvalue weighted by Gasteiger charge is -2.37. The van der Waals surface area contributed by atoms with Gasteiger partial charge in [0.05, 0.1) is 18.3 Å². The minimum atomic E-state index is -0.136. The van der Waals surface area contributed by atoms with Gasteiger partial charge in [-0.2, -0.15) is 15.2 Å². The number of likely N-dealkylation sites (N-methyl/N-ethyl adjacent to an activating group) is 1. The molecule has 3 aliphatic rings. The van der Waals surface area contributed by atoms with Gasteiger partial charge in [-0.15, -0.1) is 0 Å². The number of nitriles is 1. The maximum absolute atomic E-state index is 9.88. The van der Waals surface area contributed by atoms with Crippen molar-refractivity contribution in [1.82, 2.24) is 14.9 Å². The molecule has 3 aromatic rings. The SMILES string of the molecule is CN1CCC[C@H]1COc1nc2c(c(N3CCCC[C@@H]3C#N)n1)CCN(c1cccc3ccccc13)C2. The lowest BCUT2D eigenvalue weighted by molar-refractivity contribution is 0.187. The second-order valence-corrected chi connectivity index (χ2v) is 10.3. The molecule has 2 aromatic carbocycles. The summed E-state index contributed by atoms with van der Waals surface area (Å²) in [5, 5.41) is 12.4. The summed E-state index contributed by atoms with van der Waals surface area (Å²) in [5.74, 6) is 0.915. The van der Waals surface area contributed by atoms with E-state index in [1.54, 1.807) is 0 Å². The molecule has 0 unspecified atom stereocenters. The van der Waals surface area contributed by atoms with Crippen molar-refractivity contribution in [1.29, 1.82) is 5.26 Å². The van der Waals surface area contributed by atoms with Crippen LogP contribution in [0.4, 0.5) is 11.5 Å². The lowest BCUT2D eigenvalue weighted by Crippen LogP contribution is -2.41. The summed E-state index contributed by atoms with van der Waals surface area (Å²) in [6.45, 7) is 4.18. The summed E-state index contributed by atoms with van der Waals surface area (Å²) >= 11 is 0. The molecular formula is C29H34N6O. The van der Waals surface area contributed by atoms with Crippen LogP contribution in [0.5, 0.6) is 6.01 Å². The maximum atomic E-state index is 9.88. The first-order chi connectivity index (χ1) is 17.7. The number of fused-ring (bicyclic) bond motifs is 2. The number of hydrogen-bond donors (Lipinski definition) is 0. The highest BCUT2D eigenvalue weighted by atomic mass is 16.5. The number of ether oxygens (including phenoxy) is 1. The molecule has 0 saturated carbocycles. The first kappa shape index (κ1) is 23.1. The van der Waals surface area contributed by atoms with Gasteiger partial charge in [0.15, 0.2) is 0 Å². The van der Waals surface area contributed by atoms with E-state index in [0.29, 0.717) is 25.2 Å². The fourth-order valence-electron chi connectivity index (χ4n) is 6.06. The zero-order chi connectivity index (χ0) is 24.5. The third kappa shape index (κ3) is 4.35. The number of hydrogen-bond acceptors (Lipinski definition) is 7. The Morgan fingerprint density at radius 2 is 1.89 bits per heavy atom. The van der Waals surface area contributed by atoms with E-state index in [1.165, 1.54) is 28.4 Å². The van der Waals surface area contributed by atoms with Crippen LogP contribution in [-0.4, -0.2) is 60.2 Å². The molecule has 0 bridgehead atoms.